The largest absolute Gasteiger partial charge is 0.496 e. The third-order valence-corrected chi connectivity index (χ3v) is 4.56. The number of likely N-dealkylation sites (N-methyl/N-ethyl adjacent to an activating group) is 1. The molecule has 1 heterocycles. The SMILES string of the molecule is CCN1C(=O)C2CCc3c(OC)ccc(OC)c3C2C1=O. The number of methoxy groups -OCH3 is 2. The van der Waals surface area contributed by atoms with Crippen molar-refractivity contribution < 1.29 is 19.1 Å². The Hall–Kier alpha value is -2.04. The molecule has 112 valence electrons. The molecular formula is C16H19NO4. The Bertz CT molecular complexity index is 611. The molecule has 0 radical (unpaired) electrons. The number of rotatable bonds is 3. The number of hydrogen-bond donors (Lipinski definition) is 0. The lowest BCUT2D eigenvalue weighted by Gasteiger charge is -2.27. The van der Waals surface area contributed by atoms with Gasteiger partial charge in [-0.3, -0.25) is 14.5 Å². The van der Waals surface area contributed by atoms with Crippen LogP contribution in [-0.2, 0) is 16.0 Å². The highest BCUT2D eigenvalue weighted by atomic mass is 16.5. The molecule has 5 heteroatoms. The molecule has 1 saturated heterocycles. The van der Waals surface area contributed by atoms with Gasteiger partial charge in [0.25, 0.3) is 0 Å². The molecule has 0 aromatic heterocycles. The topological polar surface area (TPSA) is 55.8 Å². The van der Waals surface area contributed by atoms with E-state index >= 15 is 0 Å². The highest BCUT2D eigenvalue weighted by Gasteiger charge is 2.51. The predicted octanol–water partition coefficient (Wildman–Crippen LogP) is 1.74. The van der Waals surface area contributed by atoms with Crippen molar-refractivity contribution in [2.24, 2.45) is 5.92 Å². The second-order valence-electron chi connectivity index (χ2n) is 5.41. The Morgan fingerprint density at radius 3 is 2.43 bits per heavy atom. The molecule has 2 amide bonds. The van der Waals surface area contributed by atoms with Crippen molar-refractivity contribution in [3.8, 4) is 11.5 Å². The first-order chi connectivity index (χ1) is 10.1. The molecule has 0 bridgehead atoms. The van der Waals surface area contributed by atoms with E-state index in [9.17, 15) is 9.59 Å². The normalized spacial score (nSPS) is 23.9. The van der Waals surface area contributed by atoms with E-state index in [0.29, 0.717) is 18.7 Å². The number of hydrogen-bond acceptors (Lipinski definition) is 4. The van der Waals surface area contributed by atoms with E-state index in [1.54, 1.807) is 14.2 Å². The van der Waals surface area contributed by atoms with Gasteiger partial charge in [0.1, 0.15) is 11.5 Å². The van der Waals surface area contributed by atoms with Gasteiger partial charge in [-0.05, 0) is 31.9 Å². The molecule has 2 aliphatic rings. The van der Waals surface area contributed by atoms with Gasteiger partial charge in [0.15, 0.2) is 0 Å². The minimum atomic E-state index is -0.425. The molecule has 0 N–H and O–H groups in total. The zero-order valence-electron chi connectivity index (χ0n) is 12.5. The molecule has 1 aliphatic carbocycles. The van der Waals surface area contributed by atoms with Crippen LogP contribution in [0.4, 0.5) is 0 Å². The Labute approximate surface area is 123 Å². The zero-order chi connectivity index (χ0) is 15.1. The fraction of sp³-hybridized carbons (Fsp3) is 0.500. The number of nitrogens with zero attached hydrogens (tertiary/aromatic N) is 1. The van der Waals surface area contributed by atoms with E-state index < -0.39 is 5.92 Å². The van der Waals surface area contributed by atoms with E-state index in [0.717, 1.165) is 23.3 Å². The van der Waals surface area contributed by atoms with Crippen molar-refractivity contribution in [1.82, 2.24) is 4.90 Å². The van der Waals surface area contributed by atoms with Crippen molar-refractivity contribution in [2.45, 2.75) is 25.7 Å². The Balaban J connectivity index is 2.18. The van der Waals surface area contributed by atoms with Gasteiger partial charge in [0.2, 0.25) is 11.8 Å². The van der Waals surface area contributed by atoms with Crippen LogP contribution in [-0.4, -0.2) is 37.5 Å². The minimum absolute atomic E-state index is 0.0528. The monoisotopic (exact) mass is 289 g/mol. The molecule has 5 nitrogen and oxygen atoms in total. The number of carbonyl (C=O) groups is 2. The average Bonchev–Trinajstić information content (AvgIpc) is 2.76. The number of benzene rings is 1. The third-order valence-electron chi connectivity index (χ3n) is 4.56. The Morgan fingerprint density at radius 2 is 1.81 bits per heavy atom. The summed E-state index contributed by atoms with van der Waals surface area (Å²) < 4.78 is 10.8. The smallest absolute Gasteiger partial charge is 0.237 e. The molecular weight excluding hydrogens is 270 g/mol. The number of ether oxygens (including phenoxy) is 2. The first-order valence-corrected chi connectivity index (χ1v) is 7.23. The lowest BCUT2D eigenvalue weighted by atomic mass is 9.75. The Kier molecular flexibility index (Phi) is 3.35. The van der Waals surface area contributed by atoms with Gasteiger partial charge in [-0.25, -0.2) is 0 Å². The Morgan fingerprint density at radius 1 is 1.14 bits per heavy atom. The van der Waals surface area contributed by atoms with Gasteiger partial charge in [-0.15, -0.1) is 0 Å². The second-order valence-corrected chi connectivity index (χ2v) is 5.41. The van der Waals surface area contributed by atoms with Crippen LogP contribution >= 0.6 is 0 Å². The van der Waals surface area contributed by atoms with E-state index in [2.05, 4.69) is 0 Å². The van der Waals surface area contributed by atoms with Crippen LogP contribution < -0.4 is 9.47 Å². The summed E-state index contributed by atoms with van der Waals surface area (Å²) in [5.74, 6) is 0.583. The molecule has 1 aliphatic heterocycles. The highest BCUT2D eigenvalue weighted by Crippen LogP contribution is 2.49. The van der Waals surface area contributed by atoms with Crippen LogP contribution in [0.2, 0.25) is 0 Å². The van der Waals surface area contributed by atoms with Crippen LogP contribution in [0.3, 0.4) is 0 Å². The first kappa shape index (κ1) is 13.9. The van der Waals surface area contributed by atoms with Gasteiger partial charge >= 0.3 is 0 Å². The molecule has 2 atom stereocenters. The summed E-state index contributed by atoms with van der Waals surface area (Å²) in [4.78, 5) is 26.4. The van der Waals surface area contributed by atoms with Crippen LogP contribution in [0.5, 0.6) is 11.5 Å². The van der Waals surface area contributed by atoms with Gasteiger partial charge < -0.3 is 9.47 Å². The van der Waals surface area contributed by atoms with E-state index in [-0.39, 0.29) is 17.7 Å². The van der Waals surface area contributed by atoms with Gasteiger partial charge in [-0.2, -0.15) is 0 Å². The van der Waals surface area contributed by atoms with Crippen molar-refractivity contribution in [3.05, 3.63) is 23.3 Å². The van der Waals surface area contributed by atoms with Crippen LogP contribution in [0.1, 0.15) is 30.4 Å². The number of imide groups is 1. The summed E-state index contributed by atoms with van der Waals surface area (Å²) in [7, 11) is 3.21. The lowest BCUT2D eigenvalue weighted by Crippen LogP contribution is -2.30. The standard InChI is InChI=1S/C16H19NO4/c1-4-17-15(18)10-6-5-9-11(20-2)7-8-12(21-3)13(9)14(10)16(17)19/h7-8,10,14H,4-6H2,1-3H3. The van der Waals surface area contributed by atoms with Crippen molar-refractivity contribution in [3.63, 3.8) is 0 Å². The van der Waals surface area contributed by atoms with E-state index in [4.69, 9.17) is 9.47 Å². The molecule has 0 spiro atoms. The molecule has 2 unspecified atom stereocenters. The summed E-state index contributed by atoms with van der Waals surface area (Å²) in [5.41, 5.74) is 1.83. The first-order valence-electron chi connectivity index (χ1n) is 7.23. The average molecular weight is 289 g/mol. The summed E-state index contributed by atoms with van der Waals surface area (Å²) in [6.45, 7) is 2.25. The molecule has 0 saturated carbocycles. The maximum Gasteiger partial charge on any atom is 0.237 e. The van der Waals surface area contributed by atoms with E-state index in [1.165, 1.54) is 4.90 Å². The maximum absolute atomic E-state index is 12.6. The van der Waals surface area contributed by atoms with Gasteiger partial charge in [-0.1, -0.05) is 0 Å². The summed E-state index contributed by atoms with van der Waals surface area (Å²) >= 11 is 0. The number of amides is 2. The highest BCUT2D eigenvalue weighted by molar-refractivity contribution is 6.08. The fourth-order valence-corrected chi connectivity index (χ4v) is 3.61. The molecule has 1 aromatic rings. The molecule has 1 aromatic carbocycles. The molecule has 3 rings (SSSR count). The number of likely N-dealkylation sites (tertiary alicyclic amines) is 1. The van der Waals surface area contributed by atoms with Crippen molar-refractivity contribution >= 4 is 11.8 Å². The van der Waals surface area contributed by atoms with Crippen LogP contribution in [0, 0.1) is 5.92 Å². The van der Waals surface area contributed by atoms with Crippen LogP contribution in [0.25, 0.3) is 0 Å². The van der Waals surface area contributed by atoms with Gasteiger partial charge in [0.05, 0.1) is 26.1 Å². The summed E-state index contributed by atoms with van der Waals surface area (Å²) in [6, 6.07) is 3.67. The van der Waals surface area contributed by atoms with Crippen molar-refractivity contribution in [1.29, 1.82) is 0 Å². The zero-order valence-corrected chi connectivity index (χ0v) is 12.5. The van der Waals surface area contributed by atoms with Crippen molar-refractivity contribution in [2.75, 3.05) is 20.8 Å². The maximum atomic E-state index is 12.6. The van der Waals surface area contributed by atoms with Crippen LogP contribution in [0.15, 0.2) is 12.1 Å². The fourth-order valence-electron chi connectivity index (χ4n) is 3.61. The molecule has 21 heavy (non-hydrogen) atoms. The van der Waals surface area contributed by atoms with Gasteiger partial charge in [0, 0.05) is 17.7 Å². The predicted molar refractivity (Wildman–Crippen MR) is 76.5 cm³/mol. The molecule has 1 fully saturated rings. The summed E-state index contributed by atoms with van der Waals surface area (Å²) in [6.07, 6.45) is 1.41. The second kappa shape index (κ2) is 5.06. The summed E-state index contributed by atoms with van der Waals surface area (Å²) in [5, 5.41) is 0. The van der Waals surface area contributed by atoms with E-state index in [1.807, 2.05) is 19.1 Å². The number of carbonyl (C=O) groups excluding carboxylic acids is 2. The quantitative estimate of drug-likeness (QED) is 0.795. The third kappa shape index (κ3) is 1.83. The lowest BCUT2D eigenvalue weighted by molar-refractivity contribution is -0.139. The minimum Gasteiger partial charge on any atom is -0.496 e. The number of fused-ring (bicyclic) bond motifs is 3.